The quantitative estimate of drug-likeness (QED) is 0.876. The van der Waals surface area contributed by atoms with Crippen molar-refractivity contribution in [2.75, 3.05) is 7.05 Å². The van der Waals surface area contributed by atoms with Crippen LogP contribution in [0.15, 0.2) is 18.5 Å². The number of nitrogens with one attached hydrogen (secondary N) is 1. The Labute approximate surface area is 102 Å². The number of rotatable bonds is 3. The number of aromatic nitrogens is 1. The third kappa shape index (κ3) is 2.38. The second-order valence-electron chi connectivity index (χ2n) is 4.76. The van der Waals surface area contributed by atoms with Crippen LogP contribution in [0.5, 0.6) is 0 Å². The van der Waals surface area contributed by atoms with E-state index in [2.05, 4.69) is 24.3 Å². The number of hydrogen-bond acceptors (Lipinski definition) is 2. The maximum absolute atomic E-state index is 6.14. The summed E-state index contributed by atoms with van der Waals surface area (Å²) >= 11 is 6.14. The molecule has 1 saturated carbocycles. The van der Waals surface area contributed by atoms with Crippen LogP contribution in [0.1, 0.15) is 25.3 Å². The van der Waals surface area contributed by atoms with Crippen LogP contribution in [0.25, 0.3) is 0 Å². The first-order valence-corrected chi connectivity index (χ1v) is 6.36. The molecule has 3 unspecified atom stereocenters. The van der Waals surface area contributed by atoms with Gasteiger partial charge in [-0.3, -0.25) is 4.98 Å². The van der Waals surface area contributed by atoms with Crippen molar-refractivity contribution in [1.82, 2.24) is 10.3 Å². The fraction of sp³-hybridized carbons (Fsp3) is 0.615. The van der Waals surface area contributed by atoms with Gasteiger partial charge < -0.3 is 5.32 Å². The van der Waals surface area contributed by atoms with E-state index in [0.717, 1.165) is 23.3 Å². The van der Waals surface area contributed by atoms with Crippen LogP contribution in [0, 0.1) is 11.8 Å². The predicted molar refractivity (Wildman–Crippen MR) is 67.7 cm³/mol. The van der Waals surface area contributed by atoms with Crippen LogP contribution in [0.4, 0.5) is 0 Å². The van der Waals surface area contributed by atoms with E-state index in [4.69, 9.17) is 11.6 Å². The molecule has 0 saturated heterocycles. The van der Waals surface area contributed by atoms with Gasteiger partial charge in [-0.25, -0.2) is 0 Å². The van der Waals surface area contributed by atoms with Crippen LogP contribution >= 0.6 is 11.6 Å². The molecule has 3 atom stereocenters. The average molecular weight is 239 g/mol. The smallest absolute Gasteiger partial charge is 0.0621 e. The Morgan fingerprint density at radius 2 is 2.31 bits per heavy atom. The fourth-order valence-corrected chi connectivity index (χ4v) is 2.99. The van der Waals surface area contributed by atoms with E-state index < -0.39 is 0 Å². The molecule has 3 heteroatoms. The summed E-state index contributed by atoms with van der Waals surface area (Å²) in [5, 5.41) is 4.21. The van der Waals surface area contributed by atoms with Crippen molar-refractivity contribution in [2.24, 2.45) is 11.8 Å². The molecule has 1 aliphatic rings. The summed E-state index contributed by atoms with van der Waals surface area (Å²) in [7, 11) is 2.06. The first-order chi connectivity index (χ1) is 7.72. The van der Waals surface area contributed by atoms with E-state index in [9.17, 15) is 0 Å². The van der Waals surface area contributed by atoms with E-state index >= 15 is 0 Å². The lowest BCUT2D eigenvalue weighted by atomic mass is 9.90. The molecule has 1 heterocycles. The molecule has 0 bridgehead atoms. The van der Waals surface area contributed by atoms with Crippen molar-refractivity contribution in [3.63, 3.8) is 0 Å². The van der Waals surface area contributed by atoms with Gasteiger partial charge in [-0.2, -0.15) is 0 Å². The number of halogens is 1. The standard InChI is InChI=1S/C13H19ClN2/c1-9-10(3-4-13(9)15-2)7-11-5-6-16-8-12(11)14/h5-6,8-10,13,15H,3-4,7H2,1-2H3. The van der Waals surface area contributed by atoms with Gasteiger partial charge in [0.1, 0.15) is 0 Å². The molecule has 1 aromatic heterocycles. The van der Waals surface area contributed by atoms with Crippen LogP contribution in [0.3, 0.4) is 0 Å². The second kappa shape index (κ2) is 5.15. The van der Waals surface area contributed by atoms with Gasteiger partial charge in [-0.15, -0.1) is 0 Å². The highest BCUT2D eigenvalue weighted by Gasteiger charge is 2.31. The summed E-state index contributed by atoms with van der Waals surface area (Å²) in [6.07, 6.45) is 7.24. The maximum Gasteiger partial charge on any atom is 0.0621 e. The van der Waals surface area contributed by atoms with Crippen LogP contribution in [-0.4, -0.2) is 18.1 Å². The van der Waals surface area contributed by atoms with Gasteiger partial charge in [0.2, 0.25) is 0 Å². The Morgan fingerprint density at radius 1 is 1.50 bits per heavy atom. The summed E-state index contributed by atoms with van der Waals surface area (Å²) in [5.41, 5.74) is 1.24. The monoisotopic (exact) mass is 238 g/mol. The van der Waals surface area contributed by atoms with Crippen molar-refractivity contribution < 1.29 is 0 Å². The number of hydrogen-bond donors (Lipinski definition) is 1. The van der Waals surface area contributed by atoms with Gasteiger partial charge in [0.15, 0.2) is 0 Å². The zero-order valence-electron chi connectivity index (χ0n) is 9.91. The molecule has 2 rings (SSSR count). The minimum atomic E-state index is 0.672. The van der Waals surface area contributed by atoms with E-state index in [0.29, 0.717) is 6.04 Å². The summed E-state index contributed by atoms with van der Waals surface area (Å²) in [6, 6.07) is 2.72. The highest BCUT2D eigenvalue weighted by Crippen LogP contribution is 2.35. The zero-order valence-corrected chi connectivity index (χ0v) is 10.7. The molecule has 1 aliphatic carbocycles. The number of nitrogens with zero attached hydrogens (tertiary/aromatic N) is 1. The predicted octanol–water partition coefficient (Wildman–Crippen LogP) is 2.91. The minimum Gasteiger partial charge on any atom is -0.317 e. The molecule has 0 spiro atoms. The van der Waals surface area contributed by atoms with Gasteiger partial charge in [0.05, 0.1) is 5.02 Å². The molecule has 0 radical (unpaired) electrons. The summed E-state index contributed by atoms with van der Waals surface area (Å²) in [6.45, 7) is 2.34. The molecule has 1 fully saturated rings. The van der Waals surface area contributed by atoms with E-state index in [1.165, 1.54) is 18.4 Å². The third-order valence-electron chi connectivity index (χ3n) is 3.94. The summed E-state index contributed by atoms with van der Waals surface area (Å²) in [4.78, 5) is 4.03. The lowest BCUT2D eigenvalue weighted by Crippen LogP contribution is -2.29. The van der Waals surface area contributed by atoms with Gasteiger partial charge in [-0.05, 0) is 49.8 Å². The third-order valence-corrected chi connectivity index (χ3v) is 4.28. The fourth-order valence-electron chi connectivity index (χ4n) is 2.80. The zero-order chi connectivity index (χ0) is 11.5. The molecular formula is C13H19ClN2. The molecule has 0 aliphatic heterocycles. The molecule has 88 valence electrons. The molecule has 2 nitrogen and oxygen atoms in total. The molecular weight excluding hydrogens is 220 g/mol. The Bertz CT molecular complexity index is 354. The topological polar surface area (TPSA) is 24.9 Å². The molecule has 16 heavy (non-hydrogen) atoms. The second-order valence-corrected chi connectivity index (χ2v) is 5.17. The Hall–Kier alpha value is -0.600. The van der Waals surface area contributed by atoms with Gasteiger partial charge >= 0.3 is 0 Å². The maximum atomic E-state index is 6.14. The van der Waals surface area contributed by atoms with Gasteiger partial charge in [0, 0.05) is 18.4 Å². The summed E-state index contributed by atoms with van der Waals surface area (Å²) in [5.74, 6) is 1.48. The lowest BCUT2D eigenvalue weighted by molar-refractivity contribution is 0.364. The van der Waals surface area contributed by atoms with Crippen molar-refractivity contribution in [1.29, 1.82) is 0 Å². The van der Waals surface area contributed by atoms with Crippen LogP contribution in [0.2, 0.25) is 5.02 Å². The largest absolute Gasteiger partial charge is 0.317 e. The SMILES string of the molecule is CNC1CCC(Cc2ccncc2Cl)C1C. The Balaban J connectivity index is 2.04. The normalized spacial score (nSPS) is 29.6. The van der Waals surface area contributed by atoms with Gasteiger partial charge in [0.25, 0.3) is 0 Å². The first-order valence-electron chi connectivity index (χ1n) is 5.98. The summed E-state index contributed by atoms with van der Waals surface area (Å²) < 4.78 is 0. The Morgan fingerprint density at radius 3 is 2.94 bits per heavy atom. The molecule has 0 amide bonds. The van der Waals surface area contributed by atoms with Crippen molar-refractivity contribution >= 4 is 11.6 Å². The highest BCUT2D eigenvalue weighted by molar-refractivity contribution is 6.31. The first kappa shape index (κ1) is 11.9. The molecule has 1 aromatic rings. The van der Waals surface area contributed by atoms with E-state index in [-0.39, 0.29) is 0 Å². The minimum absolute atomic E-state index is 0.672. The Kier molecular flexibility index (Phi) is 3.82. The van der Waals surface area contributed by atoms with Gasteiger partial charge in [-0.1, -0.05) is 18.5 Å². The van der Waals surface area contributed by atoms with Crippen LogP contribution in [-0.2, 0) is 6.42 Å². The highest BCUT2D eigenvalue weighted by atomic mass is 35.5. The van der Waals surface area contributed by atoms with Crippen molar-refractivity contribution in [3.05, 3.63) is 29.0 Å². The van der Waals surface area contributed by atoms with Crippen molar-refractivity contribution in [3.8, 4) is 0 Å². The van der Waals surface area contributed by atoms with Crippen LogP contribution < -0.4 is 5.32 Å². The number of pyridine rings is 1. The van der Waals surface area contributed by atoms with E-state index in [1.54, 1.807) is 6.20 Å². The van der Waals surface area contributed by atoms with E-state index in [1.807, 2.05) is 12.3 Å². The van der Waals surface area contributed by atoms with Crippen molar-refractivity contribution in [2.45, 2.75) is 32.2 Å². The lowest BCUT2D eigenvalue weighted by Gasteiger charge is -2.20. The average Bonchev–Trinajstić information content (AvgIpc) is 2.63. The molecule has 0 aromatic carbocycles. The molecule has 1 N–H and O–H groups in total.